The minimum absolute atomic E-state index is 0.0203. The van der Waals surface area contributed by atoms with Crippen molar-refractivity contribution in [3.05, 3.63) is 28.3 Å². The number of rotatable bonds is 7. The van der Waals surface area contributed by atoms with E-state index < -0.39 is 14.9 Å². The number of hydrogen-bond donors (Lipinski definition) is 1. The van der Waals surface area contributed by atoms with Crippen molar-refractivity contribution in [2.24, 2.45) is 0 Å². The van der Waals surface area contributed by atoms with Crippen LogP contribution < -0.4 is 5.32 Å². The second kappa shape index (κ2) is 5.98. The van der Waals surface area contributed by atoms with Crippen molar-refractivity contribution in [2.45, 2.75) is 37.1 Å². The van der Waals surface area contributed by atoms with Gasteiger partial charge in [-0.05, 0) is 31.4 Å². The first-order valence-electron chi connectivity index (χ1n) is 6.88. The number of nitrogens with zero attached hydrogens (tertiary/aromatic N) is 2. The van der Waals surface area contributed by atoms with Gasteiger partial charge in [-0.15, -0.1) is 0 Å². The normalized spacial score (nSPS) is 15.2. The Morgan fingerprint density at radius 1 is 1.43 bits per heavy atom. The number of nitro groups is 1. The van der Waals surface area contributed by atoms with E-state index in [1.807, 2.05) is 6.92 Å². The lowest BCUT2D eigenvalue weighted by Gasteiger charge is -2.16. The van der Waals surface area contributed by atoms with Crippen LogP contribution in [0.15, 0.2) is 23.1 Å². The molecule has 0 spiro atoms. The molecule has 0 saturated heterocycles. The molecular formula is C13H19N3O4S. The van der Waals surface area contributed by atoms with Gasteiger partial charge in [-0.1, -0.05) is 6.92 Å². The number of hydrogen-bond acceptors (Lipinski definition) is 5. The van der Waals surface area contributed by atoms with Crippen molar-refractivity contribution in [1.82, 2.24) is 4.31 Å². The molecule has 0 unspecified atom stereocenters. The molecule has 0 aromatic heterocycles. The van der Waals surface area contributed by atoms with Gasteiger partial charge in [-0.3, -0.25) is 10.1 Å². The average molecular weight is 313 g/mol. The summed E-state index contributed by atoms with van der Waals surface area (Å²) < 4.78 is 26.1. The zero-order chi connectivity index (χ0) is 15.6. The summed E-state index contributed by atoms with van der Waals surface area (Å²) >= 11 is 0. The van der Waals surface area contributed by atoms with Gasteiger partial charge in [0.05, 0.1) is 9.82 Å². The maximum Gasteiger partial charge on any atom is 0.293 e. The Kier molecular flexibility index (Phi) is 4.48. The number of benzene rings is 1. The third-order valence-corrected chi connectivity index (χ3v) is 5.38. The highest BCUT2D eigenvalue weighted by molar-refractivity contribution is 7.89. The number of anilines is 1. The van der Waals surface area contributed by atoms with E-state index in [0.29, 0.717) is 12.2 Å². The van der Waals surface area contributed by atoms with Crippen molar-refractivity contribution in [3.8, 4) is 0 Å². The largest absolute Gasteiger partial charge is 0.380 e. The van der Waals surface area contributed by atoms with E-state index in [2.05, 4.69) is 5.32 Å². The highest BCUT2D eigenvalue weighted by Crippen LogP contribution is 2.33. The van der Waals surface area contributed by atoms with Crippen molar-refractivity contribution in [3.63, 3.8) is 0 Å². The fraction of sp³-hybridized carbons (Fsp3) is 0.538. The first kappa shape index (κ1) is 15.7. The Bertz CT molecular complexity index is 641. The molecule has 0 aliphatic heterocycles. The molecule has 0 radical (unpaired) electrons. The van der Waals surface area contributed by atoms with E-state index in [-0.39, 0.29) is 16.6 Å². The molecule has 1 aromatic rings. The topological polar surface area (TPSA) is 92.6 Å². The Hall–Kier alpha value is -1.67. The molecule has 1 aliphatic carbocycles. The zero-order valence-corrected chi connectivity index (χ0v) is 12.9. The van der Waals surface area contributed by atoms with Gasteiger partial charge in [0.15, 0.2) is 0 Å². The van der Waals surface area contributed by atoms with Gasteiger partial charge in [-0.25, -0.2) is 8.42 Å². The number of sulfonamides is 1. The van der Waals surface area contributed by atoms with E-state index in [4.69, 9.17) is 0 Å². The van der Waals surface area contributed by atoms with Crippen LogP contribution >= 0.6 is 0 Å². The van der Waals surface area contributed by atoms with Crippen LogP contribution in [0.3, 0.4) is 0 Å². The molecule has 0 heterocycles. The SMILES string of the molecule is CCCNc1ccc(S(=O)(=O)N(C)C2CC2)cc1[N+](=O)[O-]. The summed E-state index contributed by atoms with van der Waals surface area (Å²) in [5.74, 6) is 0. The standard InChI is InChI=1S/C13H19N3O4S/c1-3-8-14-12-7-6-11(9-13(12)16(17)18)21(19,20)15(2)10-4-5-10/h6-7,9-10,14H,3-5,8H2,1-2H3. The van der Waals surface area contributed by atoms with Crippen LogP contribution in [0.1, 0.15) is 26.2 Å². The Morgan fingerprint density at radius 2 is 2.10 bits per heavy atom. The third kappa shape index (κ3) is 3.33. The summed E-state index contributed by atoms with van der Waals surface area (Å²) in [6.45, 7) is 2.54. The molecule has 0 amide bonds. The van der Waals surface area contributed by atoms with Gasteiger partial charge in [0.2, 0.25) is 10.0 Å². The second-order valence-corrected chi connectivity index (χ2v) is 7.11. The summed E-state index contributed by atoms with van der Waals surface area (Å²) in [6.07, 6.45) is 2.50. The van der Waals surface area contributed by atoms with Crippen LogP contribution in [-0.2, 0) is 10.0 Å². The maximum atomic E-state index is 12.4. The molecular weight excluding hydrogens is 294 g/mol. The molecule has 1 aliphatic rings. The van der Waals surface area contributed by atoms with Crippen LogP contribution in [-0.4, -0.2) is 37.3 Å². The highest BCUT2D eigenvalue weighted by atomic mass is 32.2. The van der Waals surface area contributed by atoms with E-state index in [0.717, 1.165) is 25.3 Å². The third-order valence-electron chi connectivity index (χ3n) is 3.47. The van der Waals surface area contributed by atoms with E-state index in [9.17, 15) is 18.5 Å². The van der Waals surface area contributed by atoms with Crippen LogP contribution in [0.25, 0.3) is 0 Å². The minimum atomic E-state index is -3.67. The molecule has 8 heteroatoms. The molecule has 1 saturated carbocycles. The second-order valence-electron chi connectivity index (χ2n) is 5.12. The summed E-state index contributed by atoms with van der Waals surface area (Å²) in [5.41, 5.74) is 0.128. The number of nitro benzene ring substituents is 1. The minimum Gasteiger partial charge on any atom is -0.380 e. The Morgan fingerprint density at radius 3 is 2.62 bits per heavy atom. The van der Waals surface area contributed by atoms with E-state index >= 15 is 0 Å². The molecule has 2 rings (SSSR count). The molecule has 0 atom stereocenters. The molecule has 0 bridgehead atoms. The Balaban J connectivity index is 2.37. The van der Waals surface area contributed by atoms with Crippen LogP contribution in [0.4, 0.5) is 11.4 Å². The lowest BCUT2D eigenvalue weighted by atomic mass is 10.2. The average Bonchev–Trinajstić information content (AvgIpc) is 3.28. The molecule has 7 nitrogen and oxygen atoms in total. The summed E-state index contributed by atoms with van der Waals surface area (Å²) in [5, 5.41) is 14.1. The fourth-order valence-electron chi connectivity index (χ4n) is 2.03. The first-order valence-corrected chi connectivity index (χ1v) is 8.32. The predicted octanol–water partition coefficient (Wildman–Crippen LogP) is 2.20. The molecule has 116 valence electrons. The van der Waals surface area contributed by atoms with Crippen LogP contribution in [0, 0.1) is 10.1 Å². The molecule has 1 aromatic carbocycles. The predicted molar refractivity (Wildman–Crippen MR) is 79.8 cm³/mol. The van der Waals surface area contributed by atoms with Gasteiger partial charge in [-0.2, -0.15) is 4.31 Å². The summed E-state index contributed by atoms with van der Waals surface area (Å²) in [4.78, 5) is 10.5. The monoisotopic (exact) mass is 313 g/mol. The summed E-state index contributed by atoms with van der Waals surface area (Å²) in [6, 6.07) is 4.03. The number of nitrogens with one attached hydrogen (secondary N) is 1. The summed E-state index contributed by atoms with van der Waals surface area (Å²) in [7, 11) is -2.15. The molecule has 1 N–H and O–H groups in total. The van der Waals surface area contributed by atoms with Gasteiger partial charge in [0.25, 0.3) is 5.69 Å². The quantitative estimate of drug-likeness (QED) is 0.615. The van der Waals surface area contributed by atoms with E-state index in [1.165, 1.54) is 23.5 Å². The maximum absolute atomic E-state index is 12.4. The lowest BCUT2D eigenvalue weighted by molar-refractivity contribution is -0.384. The van der Waals surface area contributed by atoms with Crippen molar-refractivity contribution >= 4 is 21.4 Å². The highest BCUT2D eigenvalue weighted by Gasteiger charge is 2.35. The molecule has 21 heavy (non-hydrogen) atoms. The van der Waals surface area contributed by atoms with Crippen LogP contribution in [0.5, 0.6) is 0 Å². The van der Waals surface area contributed by atoms with Gasteiger partial charge >= 0.3 is 0 Å². The van der Waals surface area contributed by atoms with Gasteiger partial charge in [0.1, 0.15) is 5.69 Å². The van der Waals surface area contributed by atoms with Crippen molar-refractivity contribution < 1.29 is 13.3 Å². The van der Waals surface area contributed by atoms with Crippen molar-refractivity contribution in [2.75, 3.05) is 18.9 Å². The van der Waals surface area contributed by atoms with E-state index in [1.54, 1.807) is 0 Å². The van der Waals surface area contributed by atoms with Gasteiger partial charge < -0.3 is 5.32 Å². The lowest BCUT2D eigenvalue weighted by Crippen LogP contribution is -2.29. The Labute approximate surface area is 124 Å². The van der Waals surface area contributed by atoms with Crippen molar-refractivity contribution in [1.29, 1.82) is 0 Å². The smallest absolute Gasteiger partial charge is 0.293 e. The fourth-order valence-corrected chi connectivity index (χ4v) is 3.47. The molecule has 1 fully saturated rings. The zero-order valence-electron chi connectivity index (χ0n) is 12.1. The van der Waals surface area contributed by atoms with Gasteiger partial charge in [0, 0.05) is 25.7 Å². The van der Waals surface area contributed by atoms with Crippen LogP contribution in [0.2, 0.25) is 0 Å². The first-order chi connectivity index (χ1) is 9.87.